The number of benzene rings is 2. The van der Waals surface area contributed by atoms with Crippen LogP contribution in [0, 0.1) is 0 Å². The Morgan fingerprint density at radius 3 is 2.50 bits per heavy atom. The lowest BCUT2D eigenvalue weighted by Gasteiger charge is -2.33. The fraction of sp³-hybridized carbons (Fsp3) is 0.429. The zero-order valence-corrected chi connectivity index (χ0v) is 26.3. The van der Waals surface area contributed by atoms with E-state index < -0.39 is 18.3 Å². The highest BCUT2D eigenvalue weighted by Crippen LogP contribution is 2.46. The molecule has 0 spiro atoms. The molecule has 2 heterocycles. The lowest BCUT2D eigenvalue weighted by atomic mass is 9.93. The number of amides is 1. The topological polar surface area (TPSA) is 96.0 Å². The van der Waals surface area contributed by atoms with Crippen LogP contribution >= 0.6 is 0 Å². The molecule has 8 nitrogen and oxygen atoms in total. The van der Waals surface area contributed by atoms with E-state index in [-0.39, 0.29) is 24.0 Å². The molecular weight excluding hydrogens is 597 g/mol. The molecule has 1 saturated heterocycles. The smallest absolute Gasteiger partial charge is 0.422 e. The molecule has 1 saturated carbocycles. The zero-order valence-electron chi connectivity index (χ0n) is 26.3. The standard InChI is InChI=1S/C35H41F3N4O4/c1-4-8-23(2)32-27(21-42-16-11-25(12-17-42)39-15-18-43)31(33(44)41-34(13-14-34)24-9-6-5-7-10-24)26-19-29(45-3)30(20-28(26)40-32)46-22-35(36,37)38/h4-10,19-20,25,39,43H,2,11-18,21-22H2,1,3H3,(H,41,44). The number of hydrogen-bond acceptors (Lipinski definition) is 7. The number of hydrogen-bond donors (Lipinski definition) is 3. The number of aliphatic hydroxyl groups excluding tert-OH is 1. The number of ether oxygens (including phenoxy) is 2. The third kappa shape index (κ3) is 7.71. The third-order valence-electron chi connectivity index (χ3n) is 8.60. The second-order valence-electron chi connectivity index (χ2n) is 11.9. The molecule has 1 aliphatic heterocycles. The van der Waals surface area contributed by atoms with Gasteiger partial charge < -0.3 is 25.2 Å². The number of alkyl halides is 3. The van der Waals surface area contributed by atoms with E-state index in [1.54, 1.807) is 12.1 Å². The first-order chi connectivity index (χ1) is 22.1. The quantitative estimate of drug-likeness (QED) is 0.206. The van der Waals surface area contributed by atoms with Gasteiger partial charge in [0.05, 0.1) is 36.0 Å². The molecule has 11 heteroatoms. The summed E-state index contributed by atoms with van der Waals surface area (Å²) in [5.74, 6) is -0.357. The Balaban J connectivity index is 1.63. The van der Waals surface area contributed by atoms with E-state index in [9.17, 15) is 23.1 Å². The monoisotopic (exact) mass is 638 g/mol. The number of fused-ring (bicyclic) bond motifs is 1. The van der Waals surface area contributed by atoms with Crippen molar-refractivity contribution < 1.29 is 32.5 Å². The summed E-state index contributed by atoms with van der Waals surface area (Å²) in [7, 11) is 1.35. The number of aliphatic hydroxyl groups is 1. The van der Waals surface area contributed by atoms with Crippen LogP contribution in [-0.4, -0.2) is 73.1 Å². The van der Waals surface area contributed by atoms with Crippen LogP contribution < -0.4 is 20.1 Å². The Morgan fingerprint density at radius 2 is 1.89 bits per heavy atom. The minimum atomic E-state index is -4.55. The van der Waals surface area contributed by atoms with Crippen molar-refractivity contribution in [3.63, 3.8) is 0 Å². The van der Waals surface area contributed by atoms with E-state index in [0.717, 1.165) is 44.3 Å². The summed E-state index contributed by atoms with van der Waals surface area (Å²) in [5.41, 5.74) is 2.93. The number of halogens is 3. The molecule has 46 heavy (non-hydrogen) atoms. The van der Waals surface area contributed by atoms with Gasteiger partial charge in [-0.05, 0) is 62.9 Å². The number of nitrogens with zero attached hydrogens (tertiary/aromatic N) is 2. The summed E-state index contributed by atoms with van der Waals surface area (Å²) in [4.78, 5) is 21.7. The fourth-order valence-electron chi connectivity index (χ4n) is 6.14. The predicted octanol–water partition coefficient (Wildman–Crippen LogP) is 5.74. The van der Waals surface area contributed by atoms with Crippen LogP contribution in [-0.2, 0) is 12.1 Å². The minimum Gasteiger partial charge on any atom is -0.493 e. The van der Waals surface area contributed by atoms with Gasteiger partial charge in [0.1, 0.15) is 0 Å². The summed E-state index contributed by atoms with van der Waals surface area (Å²) < 4.78 is 49.9. The molecule has 2 aliphatic rings. The van der Waals surface area contributed by atoms with Crippen LogP contribution in [0.3, 0.4) is 0 Å². The first-order valence-electron chi connectivity index (χ1n) is 15.6. The van der Waals surface area contributed by atoms with Crippen LogP contribution in [0.2, 0.25) is 0 Å². The molecular formula is C35H41F3N4O4. The van der Waals surface area contributed by atoms with E-state index in [1.165, 1.54) is 13.2 Å². The number of nitrogens with one attached hydrogen (secondary N) is 2. The number of pyridine rings is 1. The molecule has 2 aromatic carbocycles. The van der Waals surface area contributed by atoms with Crippen molar-refractivity contribution in [1.82, 2.24) is 20.5 Å². The van der Waals surface area contributed by atoms with Gasteiger partial charge in [0.25, 0.3) is 5.91 Å². The Hall–Kier alpha value is -3.93. The van der Waals surface area contributed by atoms with Crippen LogP contribution in [0.4, 0.5) is 13.2 Å². The maximum absolute atomic E-state index is 14.5. The highest BCUT2D eigenvalue weighted by Gasteiger charge is 2.46. The Bertz CT molecular complexity index is 1580. The van der Waals surface area contributed by atoms with Gasteiger partial charge in [0.2, 0.25) is 0 Å². The number of carbonyl (C=O) groups excluding carboxylic acids is 1. The third-order valence-corrected chi connectivity index (χ3v) is 8.60. The lowest BCUT2D eigenvalue weighted by Crippen LogP contribution is -2.43. The van der Waals surface area contributed by atoms with Gasteiger partial charge in [0.15, 0.2) is 18.1 Å². The highest BCUT2D eigenvalue weighted by molar-refractivity contribution is 6.09. The molecule has 0 atom stereocenters. The number of aromatic nitrogens is 1. The Morgan fingerprint density at radius 1 is 1.17 bits per heavy atom. The summed E-state index contributed by atoms with van der Waals surface area (Å²) in [6.45, 7) is 7.16. The Labute approximate surface area is 267 Å². The van der Waals surface area contributed by atoms with E-state index in [2.05, 4.69) is 22.1 Å². The second kappa shape index (κ2) is 14.2. The predicted molar refractivity (Wildman–Crippen MR) is 172 cm³/mol. The van der Waals surface area contributed by atoms with Crippen molar-refractivity contribution in [2.45, 2.75) is 56.9 Å². The van der Waals surface area contributed by atoms with Gasteiger partial charge >= 0.3 is 6.18 Å². The van der Waals surface area contributed by atoms with Crippen molar-refractivity contribution in [2.24, 2.45) is 0 Å². The number of likely N-dealkylation sites (tertiary alicyclic amines) is 1. The molecule has 3 N–H and O–H groups in total. The molecule has 5 rings (SSSR count). The number of allylic oxidation sites excluding steroid dienone is 3. The summed E-state index contributed by atoms with van der Waals surface area (Å²) in [6.07, 6.45) is 2.40. The number of carbonyl (C=O) groups is 1. The van der Waals surface area contributed by atoms with Gasteiger partial charge in [0, 0.05) is 36.1 Å². The summed E-state index contributed by atoms with van der Waals surface area (Å²) >= 11 is 0. The average Bonchev–Trinajstić information content (AvgIpc) is 3.83. The van der Waals surface area contributed by atoms with E-state index in [0.29, 0.717) is 52.4 Å². The van der Waals surface area contributed by atoms with Crippen molar-refractivity contribution in [3.8, 4) is 11.5 Å². The second-order valence-corrected chi connectivity index (χ2v) is 11.9. The largest absolute Gasteiger partial charge is 0.493 e. The minimum absolute atomic E-state index is 0.0681. The van der Waals surface area contributed by atoms with Gasteiger partial charge in [-0.2, -0.15) is 13.2 Å². The van der Waals surface area contributed by atoms with Crippen LogP contribution in [0.15, 0.2) is 61.2 Å². The number of methoxy groups -OCH3 is 1. The molecule has 246 valence electrons. The van der Waals surface area contributed by atoms with Crippen molar-refractivity contribution in [1.29, 1.82) is 0 Å². The van der Waals surface area contributed by atoms with Gasteiger partial charge in [-0.25, -0.2) is 4.98 Å². The molecule has 2 fully saturated rings. The maximum Gasteiger partial charge on any atom is 0.422 e. The van der Waals surface area contributed by atoms with Gasteiger partial charge in [-0.3, -0.25) is 9.69 Å². The van der Waals surface area contributed by atoms with Gasteiger partial charge in [-0.1, -0.05) is 49.1 Å². The SMILES string of the molecule is C=C(C=CC)c1nc2cc(OCC(F)(F)F)c(OC)cc2c(C(=O)NC2(c3ccccc3)CC2)c1CN1CCC(NCCO)CC1. The van der Waals surface area contributed by atoms with E-state index in [4.69, 9.17) is 14.5 Å². The Kier molecular flexibility index (Phi) is 10.3. The van der Waals surface area contributed by atoms with Crippen LogP contribution in [0.25, 0.3) is 16.5 Å². The molecule has 0 bridgehead atoms. The highest BCUT2D eigenvalue weighted by atomic mass is 19.4. The van der Waals surface area contributed by atoms with E-state index >= 15 is 0 Å². The summed E-state index contributed by atoms with van der Waals surface area (Å²) in [5, 5.41) is 16.3. The molecule has 1 aromatic heterocycles. The molecule has 1 aliphatic carbocycles. The fourth-order valence-corrected chi connectivity index (χ4v) is 6.14. The van der Waals surface area contributed by atoms with Gasteiger partial charge in [-0.15, -0.1) is 0 Å². The molecule has 1 amide bonds. The number of rotatable bonds is 13. The molecule has 3 aromatic rings. The van der Waals surface area contributed by atoms with Crippen molar-refractivity contribution >= 4 is 22.4 Å². The summed E-state index contributed by atoms with van der Waals surface area (Å²) in [6, 6.07) is 13.1. The zero-order chi connectivity index (χ0) is 32.9. The van der Waals surface area contributed by atoms with Crippen LogP contribution in [0.1, 0.15) is 59.8 Å². The first kappa shape index (κ1) is 33.4. The normalized spacial score (nSPS) is 16.9. The average molecular weight is 639 g/mol. The van der Waals surface area contributed by atoms with Crippen molar-refractivity contribution in [3.05, 3.63) is 83.6 Å². The molecule has 0 unspecified atom stereocenters. The maximum atomic E-state index is 14.5. The first-order valence-corrected chi connectivity index (χ1v) is 15.6. The van der Waals surface area contributed by atoms with E-state index in [1.807, 2.05) is 43.3 Å². The lowest BCUT2D eigenvalue weighted by molar-refractivity contribution is -0.153. The van der Waals surface area contributed by atoms with Crippen LogP contribution in [0.5, 0.6) is 11.5 Å². The number of piperidine rings is 1. The molecule has 0 radical (unpaired) electrons. The van der Waals surface area contributed by atoms with Crippen molar-refractivity contribution in [2.75, 3.05) is 40.0 Å².